The molecule has 2 aromatic rings. The summed E-state index contributed by atoms with van der Waals surface area (Å²) < 4.78 is 22.3. The number of rotatable bonds is 14. The Bertz CT molecular complexity index is 830. The molecule has 172 valence electrons. The van der Waals surface area contributed by atoms with E-state index in [0.29, 0.717) is 12.3 Å². The first-order valence-corrected chi connectivity index (χ1v) is 11.3. The van der Waals surface area contributed by atoms with Crippen LogP contribution < -0.4 is 0 Å². The second-order valence-corrected chi connectivity index (χ2v) is 8.82. The van der Waals surface area contributed by atoms with Crippen LogP contribution in [0.1, 0.15) is 57.4 Å². The molecule has 7 nitrogen and oxygen atoms in total. The highest BCUT2D eigenvalue weighted by Gasteiger charge is 2.26. The lowest BCUT2D eigenvalue weighted by atomic mass is 10.1. The molecular weight excluding hydrogens is 396 g/mol. The number of nitrogens with zero attached hydrogens (tertiary/aromatic N) is 2. The number of furan rings is 1. The van der Waals surface area contributed by atoms with Crippen LogP contribution >= 0.6 is 0 Å². The zero-order valence-corrected chi connectivity index (χ0v) is 19.3. The van der Waals surface area contributed by atoms with E-state index < -0.39 is 6.23 Å². The Kier molecular flexibility index (Phi) is 8.87. The lowest BCUT2D eigenvalue weighted by Crippen LogP contribution is -2.44. The van der Waals surface area contributed by atoms with Crippen LogP contribution in [-0.4, -0.2) is 49.8 Å². The molecule has 3 rings (SSSR count). The Balaban J connectivity index is 1.74. The molecule has 0 N–H and O–H groups in total. The summed E-state index contributed by atoms with van der Waals surface area (Å²) >= 11 is 0. The van der Waals surface area contributed by atoms with E-state index >= 15 is 0 Å². The standard InChI is InChI=1S/C24H36N2O5/c1-17(2)5-10-24(30-16-29-4)26(15-28-3)23(27)14-21-20-13-19(9-8-18-6-7-18)31-22(20)11-12-25-21/h11-13,17-18,24H,5-10,14-16H2,1-4H3/t24-/m1/s1. The normalized spacial score (nSPS) is 15.0. The Hall–Kier alpha value is -1.96. The molecule has 1 aliphatic carbocycles. The summed E-state index contributed by atoms with van der Waals surface area (Å²) in [4.78, 5) is 19.4. The van der Waals surface area contributed by atoms with Crippen molar-refractivity contribution < 1.29 is 23.4 Å². The van der Waals surface area contributed by atoms with Gasteiger partial charge in [0.2, 0.25) is 5.91 Å². The number of carbonyl (C=O) groups is 1. The van der Waals surface area contributed by atoms with Gasteiger partial charge in [0.05, 0.1) is 12.1 Å². The van der Waals surface area contributed by atoms with Crippen molar-refractivity contribution in [1.82, 2.24) is 9.88 Å². The van der Waals surface area contributed by atoms with Crippen LogP contribution in [0.3, 0.4) is 0 Å². The summed E-state index contributed by atoms with van der Waals surface area (Å²) in [6, 6.07) is 3.91. The fourth-order valence-corrected chi connectivity index (χ4v) is 3.74. The number of hydrogen-bond donors (Lipinski definition) is 0. The van der Waals surface area contributed by atoms with Gasteiger partial charge in [0.15, 0.2) is 0 Å². The number of pyridine rings is 1. The van der Waals surface area contributed by atoms with Gasteiger partial charge in [-0.3, -0.25) is 14.7 Å². The summed E-state index contributed by atoms with van der Waals surface area (Å²) in [6.07, 6.45) is 7.87. The molecule has 0 saturated heterocycles. The summed E-state index contributed by atoms with van der Waals surface area (Å²) in [5.74, 6) is 2.23. The summed E-state index contributed by atoms with van der Waals surface area (Å²) in [5.41, 5.74) is 1.51. The highest BCUT2D eigenvalue weighted by molar-refractivity contribution is 5.86. The van der Waals surface area contributed by atoms with Gasteiger partial charge in [0.25, 0.3) is 0 Å². The molecule has 31 heavy (non-hydrogen) atoms. The molecule has 1 amide bonds. The van der Waals surface area contributed by atoms with Crippen LogP contribution in [0, 0.1) is 11.8 Å². The fourth-order valence-electron chi connectivity index (χ4n) is 3.74. The molecule has 0 radical (unpaired) electrons. The number of ether oxygens (including phenoxy) is 3. The third-order valence-corrected chi connectivity index (χ3v) is 5.70. The molecule has 0 aromatic carbocycles. The van der Waals surface area contributed by atoms with E-state index in [2.05, 4.69) is 18.8 Å². The van der Waals surface area contributed by atoms with Gasteiger partial charge >= 0.3 is 0 Å². The fraction of sp³-hybridized carbons (Fsp3) is 0.667. The lowest BCUT2D eigenvalue weighted by molar-refractivity contribution is -0.174. The molecule has 2 heterocycles. The quantitative estimate of drug-likeness (QED) is 0.409. The van der Waals surface area contributed by atoms with Crippen molar-refractivity contribution in [1.29, 1.82) is 0 Å². The predicted molar refractivity (Wildman–Crippen MR) is 118 cm³/mol. The van der Waals surface area contributed by atoms with Gasteiger partial charge in [-0.25, -0.2) is 0 Å². The third-order valence-electron chi connectivity index (χ3n) is 5.70. The second kappa shape index (κ2) is 11.6. The monoisotopic (exact) mass is 432 g/mol. The first-order valence-electron chi connectivity index (χ1n) is 11.3. The van der Waals surface area contributed by atoms with Crippen molar-refractivity contribution in [2.24, 2.45) is 11.8 Å². The molecule has 1 atom stereocenters. The van der Waals surface area contributed by atoms with Crippen molar-refractivity contribution in [2.75, 3.05) is 27.7 Å². The van der Waals surface area contributed by atoms with E-state index in [1.807, 2.05) is 12.1 Å². The van der Waals surface area contributed by atoms with E-state index in [9.17, 15) is 4.79 Å². The van der Waals surface area contributed by atoms with Gasteiger partial charge in [0, 0.05) is 32.2 Å². The van der Waals surface area contributed by atoms with Crippen LogP contribution in [0.5, 0.6) is 0 Å². The molecular formula is C24H36N2O5. The predicted octanol–water partition coefficient (Wildman–Crippen LogP) is 4.53. The van der Waals surface area contributed by atoms with Gasteiger partial charge < -0.3 is 18.6 Å². The van der Waals surface area contributed by atoms with Gasteiger partial charge in [-0.1, -0.05) is 26.7 Å². The second-order valence-electron chi connectivity index (χ2n) is 8.82. The smallest absolute Gasteiger partial charge is 0.232 e. The molecule has 1 fully saturated rings. The number of aryl methyl sites for hydroxylation is 1. The van der Waals surface area contributed by atoms with Gasteiger partial charge in [-0.05, 0) is 43.2 Å². The number of aromatic nitrogens is 1. The molecule has 0 bridgehead atoms. The van der Waals surface area contributed by atoms with Gasteiger partial charge in [-0.15, -0.1) is 0 Å². The topological polar surface area (TPSA) is 74.0 Å². The maximum absolute atomic E-state index is 13.3. The maximum atomic E-state index is 13.3. The van der Waals surface area contributed by atoms with Crippen molar-refractivity contribution in [3.63, 3.8) is 0 Å². The molecule has 1 aliphatic rings. The number of hydrogen-bond acceptors (Lipinski definition) is 6. The third kappa shape index (κ3) is 7.02. The minimum absolute atomic E-state index is 0.0903. The minimum atomic E-state index is -0.410. The number of fused-ring (bicyclic) bond motifs is 1. The number of carbonyl (C=O) groups excluding carboxylic acids is 1. The zero-order valence-electron chi connectivity index (χ0n) is 19.3. The lowest BCUT2D eigenvalue weighted by Gasteiger charge is -2.31. The van der Waals surface area contributed by atoms with Gasteiger partial charge in [0.1, 0.15) is 31.1 Å². The average molecular weight is 433 g/mol. The van der Waals surface area contributed by atoms with E-state index in [1.165, 1.54) is 12.8 Å². The van der Waals surface area contributed by atoms with E-state index in [-0.39, 0.29) is 25.9 Å². The largest absolute Gasteiger partial charge is 0.461 e. The van der Waals surface area contributed by atoms with Crippen LogP contribution in [0.25, 0.3) is 11.0 Å². The maximum Gasteiger partial charge on any atom is 0.232 e. The van der Waals surface area contributed by atoms with Gasteiger partial charge in [-0.2, -0.15) is 0 Å². The molecule has 0 spiro atoms. The van der Waals surface area contributed by atoms with Crippen LogP contribution in [0.2, 0.25) is 0 Å². The zero-order chi connectivity index (χ0) is 22.2. The van der Waals surface area contributed by atoms with E-state index in [1.54, 1.807) is 25.3 Å². The van der Waals surface area contributed by atoms with E-state index in [4.69, 9.17) is 18.6 Å². The van der Waals surface area contributed by atoms with E-state index in [0.717, 1.165) is 47.6 Å². The Morgan fingerprint density at radius 1 is 1.26 bits per heavy atom. The highest BCUT2D eigenvalue weighted by atomic mass is 16.7. The van der Waals surface area contributed by atoms with Crippen molar-refractivity contribution in [2.45, 2.75) is 65.0 Å². The average Bonchev–Trinajstić information content (AvgIpc) is 3.48. The van der Waals surface area contributed by atoms with Crippen molar-refractivity contribution in [3.05, 3.63) is 29.8 Å². The summed E-state index contributed by atoms with van der Waals surface area (Å²) in [7, 11) is 3.16. The first kappa shape index (κ1) is 23.7. The first-order chi connectivity index (χ1) is 15.0. The van der Waals surface area contributed by atoms with Crippen molar-refractivity contribution in [3.8, 4) is 0 Å². The molecule has 0 aliphatic heterocycles. The summed E-state index contributed by atoms with van der Waals surface area (Å²) in [6.45, 7) is 4.58. The molecule has 0 unspecified atom stereocenters. The number of amides is 1. The van der Waals surface area contributed by atoms with Crippen LogP contribution in [-0.2, 0) is 31.8 Å². The Labute approximate surface area is 185 Å². The minimum Gasteiger partial charge on any atom is -0.461 e. The Morgan fingerprint density at radius 2 is 2.06 bits per heavy atom. The van der Waals surface area contributed by atoms with Crippen LogP contribution in [0.4, 0.5) is 0 Å². The molecule has 2 aromatic heterocycles. The molecule has 1 saturated carbocycles. The number of methoxy groups -OCH3 is 2. The Morgan fingerprint density at radius 3 is 2.74 bits per heavy atom. The van der Waals surface area contributed by atoms with Crippen molar-refractivity contribution >= 4 is 16.9 Å². The molecule has 7 heteroatoms. The SMILES string of the molecule is COCO[C@H](CCC(C)C)N(COC)C(=O)Cc1nccc2oc(CCC3CC3)cc12. The summed E-state index contributed by atoms with van der Waals surface area (Å²) in [5, 5.41) is 0.913. The van der Waals surface area contributed by atoms with Crippen LogP contribution in [0.15, 0.2) is 22.7 Å². The highest BCUT2D eigenvalue weighted by Crippen LogP contribution is 2.34.